The van der Waals surface area contributed by atoms with Crippen LogP contribution in [0.4, 0.5) is 5.69 Å². The van der Waals surface area contributed by atoms with E-state index in [0.29, 0.717) is 33.6 Å². The zero-order valence-electron chi connectivity index (χ0n) is 15.3. The van der Waals surface area contributed by atoms with Crippen LogP contribution in [-0.2, 0) is 4.79 Å². The molecule has 0 aliphatic carbocycles. The van der Waals surface area contributed by atoms with Gasteiger partial charge in [0.2, 0.25) is 11.8 Å². The number of nitrogens with zero attached hydrogens (tertiary/aromatic N) is 1. The van der Waals surface area contributed by atoms with E-state index in [2.05, 4.69) is 38.5 Å². The number of hydrogen-bond donors (Lipinski definition) is 3. The molecule has 1 heterocycles. The number of carbonyl (C=O) groups is 1. The van der Waals surface area contributed by atoms with Gasteiger partial charge in [-0.25, -0.2) is 4.98 Å². The number of amides is 1. The topological polar surface area (TPSA) is 87.4 Å². The van der Waals surface area contributed by atoms with Gasteiger partial charge in [0.1, 0.15) is 11.3 Å². The maximum atomic E-state index is 11.9. The third-order valence-electron chi connectivity index (χ3n) is 4.10. The van der Waals surface area contributed by atoms with E-state index in [0.717, 1.165) is 24.8 Å². The smallest absolute Gasteiger partial charge is 0.227 e. The van der Waals surface area contributed by atoms with E-state index in [1.165, 1.54) is 0 Å². The molecule has 146 valence electrons. The number of unbranched alkanes of at least 4 members (excludes halogenated alkanes) is 2. The molecule has 2 aromatic carbocycles. The second-order valence-corrected chi connectivity index (χ2v) is 7.59. The highest BCUT2D eigenvalue weighted by atomic mass is 79.9. The molecular weight excluding hydrogens is 442 g/mol. The molecular formula is C20H20BrN3O3S. The molecule has 0 bridgehead atoms. The minimum atomic E-state index is -0.0892. The number of carbonyl (C=O) groups excluding carboxylic acids is 1. The summed E-state index contributed by atoms with van der Waals surface area (Å²) in [5, 5.41) is 15.6. The fourth-order valence-corrected chi connectivity index (χ4v) is 3.27. The highest BCUT2D eigenvalue weighted by Crippen LogP contribution is 2.31. The Kier molecular flexibility index (Phi) is 6.64. The van der Waals surface area contributed by atoms with Gasteiger partial charge in [-0.05, 0) is 71.0 Å². The van der Waals surface area contributed by atoms with Crippen LogP contribution in [-0.4, -0.2) is 21.1 Å². The molecule has 0 saturated carbocycles. The fraction of sp³-hybridized carbons (Fsp3) is 0.250. The van der Waals surface area contributed by atoms with Crippen molar-refractivity contribution < 1.29 is 14.3 Å². The Labute approximate surface area is 176 Å². The van der Waals surface area contributed by atoms with Gasteiger partial charge >= 0.3 is 0 Å². The zero-order chi connectivity index (χ0) is 20.1. The van der Waals surface area contributed by atoms with Gasteiger partial charge in [0, 0.05) is 17.7 Å². The fourth-order valence-electron chi connectivity index (χ4n) is 2.66. The van der Waals surface area contributed by atoms with E-state index in [1.807, 2.05) is 0 Å². The summed E-state index contributed by atoms with van der Waals surface area (Å²) in [7, 11) is 0. The number of aromatic hydroxyl groups is 1. The van der Waals surface area contributed by atoms with E-state index in [4.69, 9.17) is 16.6 Å². The summed E-state index contributed by atoms with van der Waals surface area (Å²) in [4.78, 5) is 16.3. The van der Waals surface area contributed by atoms with Gasteiger partial charge < -0.3 is 20.2 Å². The molecule has 6 nitrogen and oxygen atoms in total. The lowest BCUT2D eigenvalue weighted by Gasteiger charge is -2.09. The molecule has 0 unspecified atom stereocenters. The van der Waals surface area contributed by atoms with E-state index in [-0.39, 0.29) is 16.8 Å². The Morgan fingerprint density at radius 2 is 2.07 bits per heavy atom. The Hall–Kier alpha value is -2.45. The van der Waals surface area contributed by atoms with Gasteiger partial charge in [0.05, 0.1) is 4.47 Å². The minimum Gasteiger partial charge on any atom is -0.507 e. The van der Waals surface area contributed by atoms with Crippen molar-refractivity contribution in [3.63, 3.8) is 0 Å². The third kappa shape index (κ3) is 5.08. The Morgan fingerprint density at radius 3 is 2.82 bits per heavy atom. The van der Waals surface area contributed by atoms with Crippen LogP contribution in [0.5, 0.6) is 5.75 Å². The van der Waals surface area contributed by atoms with Crippen LogP contribution >= 0.6 is 28.1 Å². The summed E-state index contributed by atoms with van der Waals surface area (Å²) in [6, 6.07) is 10.4. The van der Waals surface area contributed by atoms with Crippen LogP contribution in [0, 0.1) is 0 Å². The van der Waals surface area contributed by atoms with Gasteiger partial charge in [-0.2, -0.15) is 0 Å². The number of phenols is 1. The molecule has 3 N–H and O–H groups in total. The van der Waals surface area contributed by atoms with Crippen LogP contribution in [0.3, 0.4) is 0 Å². The quantitative estimate of drug-likeness (QED) is 0.338. The first-order chi connectivity index (χ1) is 13.5. The predicted molar refractivity (Wildman–Crippen MR) is 117 cm³/mol. The third-order valence-corrected chi connectivity index (χ3v) is 4.94. The van der Waals surface area contributed by atoms with E-state index in [1.54, 1.807) is 36.4 Å². The van der Waals surface area contributed by atoms with Crippen molar-refractivity contribution in [1.29, 1.82) is 0 Å². The Balaban J connectivity index is 1.69. The first-order valence-corrected chi connectivity index (χ1v) is 10.2. The molecule has 0 atom stereocenters. The molecule has 0 radical (unpaired) electrons. The second kappa shape index (κ2) is 9.16. The monoisotopic (exact) mass is 461 g/mol. The summed E-state index contributed by atoms with van der Waals surface area (Å²) in [5.41, 5.74) is 2.73. The number of oxazole rings is 1. The van der Waals surface area contributed by atoms with Gasteiger partial charge in [0.25, 0.3) is 0 Å². The molecule has 1 aromatic heterocycles. The molecule has 1 amide bonds. The van der Waals surface area contributed by atoms with Crippen molar-refractivity contribution >= 4 is 56.0 Å². The number of benzene rings is 2. The lowest BCUT2D eigenvalue weighted by molar-refractivity contribution is -0.119. The molecule has 0 aliphatic heterocycles. The van der Waals surface area contributed by atoms with Crippen LogP contribution < -0.4 is 10.6 Å². The Bertz CT molecular complexity index is 1020. The van der Waals surface area contributed by atoms with Crippen LogP contribution in [0.1, 0.15) is 32.6 Å². The van der Waals surface area contributed by atoms with Crippen LogP contribution in [0.25, 0.3) is 22.6 Å². The molecule has 0 spiro atoms. The highest BCUT2D eigenvalue weighted by molar-refractivity contribution is 9.10. The lowest BCUT2D eigenvalue weighted by atomic mass is 10.2. The van der Waals surface area contributed by atoms with Crippen molar-refractivity contribution in [2.45, 2.75) is 32.6 Å². The molecule has 28 heavy (non-hydrogen) atoms. The second-order valence-electron chi connectivity index (χ2n) is 6.33. The van der Waals surface area contributed by atoms with Gasteiger partial charge in [0.15, 0.2) is 10.7 Å². The maximum Gasteiger partial charge on any atom is 0.227 e. The molecule has 8 heteroatoms. The zero-order valence-corrected chi connectivity index (χ0v) is 17.7. The number of phenolic OH excluding ortho intramolecular Hbond substituents is 1. The van der Waals surface area contributed by atoms with Gasteiger partial charge in [-0.1, -0.05) is 19.8 Å². The molecule has 0 saturated heterocycles. The van der Waals surface area contributed by atoms with E-state index in [9.17, 15) is 9.90 Å². The van der Waals surface area contributed by atoms with Crippen LogP contribution in [0.2, 0.25) is 0 Å². The largest absolute Gasteiger partial charge is 0.507 e. The summed E-state index contributed by atoms with van der Waals surface area (Å²) in [6.45, 7) is 2.09. The SMILES string of the molecule is CCCCCC(=O)NC(=S)Nc1ccc2oc(-c3ccc(O)c(Br)c3)nc2c1. The first-order valence-electron chi connectivity index (χ1n) is 8.96. The van der Waals surface area contributed by atoms with Crippen molar-refractivity contribution in [3.8, 4) is 17.2 Å². The minimum absolute atomic E-state index is 0.0892. The summed E-state index contributed by atoms with van der Waals surface area (Å²) in [5.74, 6) is 0.505. The number of rotatable bonds is 6. The normalized spacial score (nSPS) is 10.8. The lowest BCUT2D eigenvalue weighted by Crippen LogP contribution is -2.33. The number of thiocarbonyl (C=S) groups is 1. The maximum absolute atomic E-state index is 11.9. The van der Waals surface area contributed by atoms with Crippen molar-refractivity contribution in [2.75, 3.05) is 5.32 Å². The average Bonchev–Trinajstić information content (AvgIpc) is 3.07. The number of anilines is 1. The van der Waals surface area contributed by atoms with Crippen molar-refractivity contribution in [3.05, 3.63) is 40.9 Å². The number of hydrogen-bond acceptors (Lipinski definition) is 5. The predicted octanol–water partition coefficient (Wildman–Crippen LogP) is 5.36. The molecule has 3 rings (SSSR count). The summed E-state index contributed by atoms with van der Waals surface area (Å²) in [6.07, 6.45) is 3.41. The van der Waals surface area contributed by atoms with E-state index >= 15 is 0 Å². The number of nitrogens with one attached hydrogen (secondary N) is 2. The summed E-state index contributed by atoms with van der Waals surface area (Å²) < 4.78 is 6.35. The molecule has 0 fully saturated rings. The number of fused-ring (bicyclic) bond motifs is 1. The van der Waals surface area contributed by atoms with Gasteiger partial charge in [-0.3, -0.25) is 4.79 Å². The average molecular weight is 462 g/mol. The molecule has 3 aromatic rings. The standard InChI is InChI=1S/C20H20BrN3O3S/c1-2-3-4-5-18(26)24-20(28)22-13-7-9-17-15(11-13)23-19(27-17)12-6-8-16(25)14(21)10-12/h6-11,25H,2-5H2,1H3,(H2,22,24,26,28). The van der Waals surface area contributed by atoms with E-state index < -0.39 is 0 Å². The molecule has 0 aliphatic rings. The van der Waals surface area contributed by atoms with Crippen molar-refractivity contribution in [2.24, 2.45) is 0 Å². The van der Waals surface area contributed by atoms with Gasteiger partial charge in [-0.15, -0.1) is 0 Å². The number of aromatic nitrogens is 1. The first kappa shape index (κ1) is 20.3. The Morgan fingerprint density at radius 1 is 1.25 bits per heavy atom. The number of halogens is 1. The van der Waals surface area contributed by atoms with Crippen molar-refractivity contribution in [1.82, 2.24) is 10.3 Å². The highest BCUT2D eigenvalue weighted by Gasteiger charge is 2.11. The summed E-state index contributed by atoms with van der Waals surface area (Å²) >= 11 is 8.49. The van der Waals surface area contributed by atoms with Crippen LogP contribution in [0.15, 0.2) is 45.3 Å².